The molecule has 5 heteroatoms. The highest BCUT2D eigenvalue weighted by molar-refractivity contribution is 7.14. The lowest BCUT2D eigenvalue weighted by Crippen LogP contribution is -2.13. The molecule has 112 valence electrons. The highest BCUT2D eigenvalue weighted by atomic mass is 32.1. The van der Waals surface area contributed by atoms with Crippen molar-refractivity contribution < 1.29 is 9.18 Å². The van der Waals surface area contributed by atoms with Gasteiger partial charge in [-0.05, 0) is 47.2 Å². The fraction of sp³-hybridized carbons (Fsp3) is 0.118. The van der Waals surface area contributed by atoms with Gasteiger partial charge in [-0.25, -0.2) is 4.39 Å². The van der Waals surface area contributed by atoms with Crippen LogP contribution in [0.3, 0.4) is 0 Å². The summed E-state index contributed by atoms with van der Waals surface area (Å²) in [7, 11) is 0. The summed E-state index contributed by atoms with van der Waals surface area (Å²) in [6, 6.07) is 7.94. The lowest BCUT2D eigenvalue weighted by molar-refractivity contribution is -0.115. The van der Waals surface area contributed by atoms with E-state index in [0.29, 0.717) is 0 Å². The third-order valence-corrected chi connectivity index (χ3v) is 4.14. The van der Waals surface area contributed by atoms with Crippen molar-refractivity contribution >= 4 is 27.8 Å². The maximum atomic E-state index is 12.8. The van der Waals surface area contributed by atoms with E-state index in [1.54, 1.807) is 12.1 Å². The summed E-state index contributed by atoms with van der Waals surface area (Å²) in [6.07, 6.45) is 6.27. The molecule has 0 atom stereocenters. The standard InChI is InChI=1S/C17H15FN2OS/c18-15-3-1-12(2-4-15)9-16(21)20-17-10-14(11-22-17)13-5-7-19-8-6-13/h1-7,10-11,19H,8-9H2,(H,20,21). The molecule has 0 fully saturated rings. The van der Waals surface area contributed by atoms with Gasteiger partial charge in [-0.15, -0.1) is 11.3 Å². The SMILES string of the molecule is O=C(Cc1ccc(F)cc1)Nc1cc(C2=CCNC=C2)cs1. The van der Waals surface area contributed by atoms with Crippen LogP contribution in [0.2, 0.25) is 0 Å². The molecule has 2 aromatic rings. The number of nitrogens with one attached hydrogen (secondary N) is 2. The van der Waals surface area contributed by atoms with Gasteiger partial charge in [0.15, 0.2) is 0 Å². The minimum atomic E-state index is -0.296. The third-order valence-electron chi connectivity index (χ3n) is 3.29. The Morgan fingerprint density at radius 2 is 2.14 bits per heavy atom. The van der Waals surface area contributed by atoms with Crippen LogP contribution in [0.5, 0.6) is 0 Å². The van der Waals surface area contributed by atoms with Gasteiger partial charge in [0.2, 0.25) is 5.91 Å². The van der Waals surface area contributed by atoms with E-state index in [2.05, 4.69) is 16.7 Å². The van der Waals surface area contributed by atoms with Crippen molar-refractivity contribution in [3.63, 3.8) is 0 Å². The van der Waals surface area contributed by atoms with Gasteiger partial charge in [-0.2, -0.15) is 0 Å². The Hall–Kier alpha value is -2.40. The topological polar surface area (TPSA) is 41.1 Å². The lowest BCUT2D eigenvalue weighted by atomic mass is 10.1. The number of hydrogen-bond acceptors (Lipinski definition) is 3. The van der Waals surface area contributed by atoms with Gasteiger partial charge in [0.05, 0.1) is 11.4 Å². The van der Waals surface area contributed by atoms with Crippen LogP contribution in [0.4, 0.5) is 9.39 Å². The molecule has 1 amide bonds. The minimum absolute atomic E-state index is 0.102. The molecule has 3 rings (SSSR count). The number of hydrogen-bond donors (Lipinski definition) is 2. The quantitative estimate of drug-likeness (QED) is 0.906. The Bertz CT molecular complexity index is 731. The van der Waals surface area contributed by atoms with Crippen molar-refractivity contribution in [2.24, 2.45) is 0 Å². The number of carbonyl (C=O) groups excluding carboxylic acids is 1. The molecule has 0 saturated carbocycles. The first-order valence-corrected chi connectivity index (χ1v) is 7.82. The highest BCUT2D eigenvalue weighted by Crippen LogP contribution is 2.27. The van der Waals surface area contributed by atoms with Crippen LogP contribution < -0.4 is 10.6 Å². The summed E-state index contributed by atoms with van der Waals surface area (Å²) in [5, 5.41) is 8.83. The van der Waals surface area contributed by atoms with E-state index in [1.165, 1.54) is 23.5 Å². The molecule has 0 bridgehead atoms. The summed E-state index contributed by atoms with van der Waals surface area (Å²) in [5.74, 6) is -0.398. The Kier molecular flexibility index (Phi) is 4.34. The number of amides is 1. The molecule has 1 aromatic carbocycles. The summed E-state index contributed by atoms with van der Waals surface area (Å²) < 4.78 is 12.8. The van der Waals surface area contributed by atoms with Crippen molar-refractivity contribution in [2.45, 2.75) is 6.42 Å². The van der Waals surface area contributed by atoms with Crippen molar-refractivity contribution in [2.75, 3.05) is 11.9 Å². The van der Waals surface area contributed by atoms with Crippen LogP contribution >= 0.6 is 11.3 Å². The maximum Gasteiger partial charge on any atom is 0.229 e. The molecule has 3 nitrogen and oxygen atoms in total. The first-order valence-electron chi connectivity index (χ1n) is 6.94. The molecule has 1 aromatic heterocycles. The number of benzene rings is 1. The number of carbonyl (C=O) groups is 1. The fourth-order valence-corrected chi connectivity index (χ4v) is 3.02. The van der Waals surface area contributed by atoms with Gasteiger partial charge in [0.1, 0.15) is 5.82 Å². The fourth-order valence-electron chi connectivity index (χ4n) is 2.19. The van der Waals surface area contributed by atoms with Crippen molar-refractivity contribution in [1.29, 1.82) is 0 Å². The Morgan fingerprint density at radius 1 is 1.32 bits per heavy atom. The summed E-state index contributed by atoms with van der Waals surface area (Å²) in [5.41, 5.74) is 3.04. The largest absolute Gasteiger partial charge is 0.387 e. The first-order chi connectivity index (χ1) is 10.7. The second-order valence-corrected chi connectivity index (χ2v) is 5.86. The Labute approximate surface area is 132 Å². The average molecular weight is 314 g/mol. The molecule has 2 heterocycles. The first kappa shape index (κ1) is 14.5. The molecule has 1 aliphatic heterocycles. The number of dihydropyridines is 1. The zero-order valence-electron chi connectivity index (χ0n) is 11.8. The van der Waals surface area contributed by atoms with E-state index in [4.69, 9.17) is 0 Å². The smallest absolute Gasteiger partial charge is 0.229 e. The second-order valence-electron chi connectivity index (χ2n) is 4.95. The third kappa shape index (κ3) is 3.62. The van der Waals surface area contributed by atoms with E-state index < -0.39 is 0 Å². The minimum Gasteiger partial charge on any atom is -0.387 e. The van der Waals surface area contributed by atoms with E-state index in [1.807, 2.05) is 23.7 Å². The van der Waals surface area contributed by atoms with Crippen LogP contribution in [0.25, 0.3) is 5.57 Å². The lowest BCUT2D eigenvalue weighted by Gasteiger charge is -2.06. The number of rotatable bonds is 4. The van der Waals surface area contributed by atoms with Gasteiger partial charge in [-0.3, -0.25) is 4.79 Å². The summed E-state index contributed by atoms with van der Waals surface area (Å²) in [6.45, 7) is 0.813. The molecular weight excluding hydrogens is 299 g/mol. The molecular formula is C17H15FN2OS. The van der Waals surface area contributed by atoms with Gasteiger partial charge < -0.3 is 10.6 Å². The van der Waals surface area contributed by atoms with Crippen LogP contribution in [-0.4, -0.2) is 12.5 Å². The predicted octanol–water partition coefficient (Wildman–Crippen LogP) is 3.57. The molecule has 0 unspecified atom stereocenters. The van der Waals surface area contributed by atoms with Gasteiger partial charge >= 0.3 is 0 Å². The van der Waals surface area contributed by atoms with Crippen LogP contribution in [0.15, 0.2) is 54.1 Å². The number of halogens is 1. The molecule has 2 N–H and O–H groups in total. The van der Waals surface area contributed by atoms with Gasteiger partial charge in [0.25, 0.3) is 0 Å². The number of anilines is 1. The zero-order valence-corrected chi connectivity index (χ0v) is 12.6. The van der Waals surface area contributed by atoms with Crippen LogP contribution in [-0.2, 0) is 11.2 Å². The highest BCUT2D eigenvalue weighted by Gasteiger charge is 2.08. The molecule has 0 aliphatic carbocycles. The van der Waals surface area contributed by atoms with Gasteiger partial charge in [0, 0.05) is 11.9 Å². The van der Waals surface area contributed by atoms with Crippen LogP contribution in [0, 0.1) is 5.82 Å². The number of allylic oxidation sites excluding steroid dienone is 2. The molecule has 0 radical (unpaired) electrons. The molecule has 1 aliphatic rings. The predicted molar refractivity (Wildman–Crippen MR) is 88.2 cm³/mol. The molecule has 0 saturated heterocycles. The monoisotopic (exact) mass is 314 g/mol. The normalized spacial score (nSPS) is 13.4. The van der Waals surface area contributed by atoms with Crippen molar-refractivity contribution in [3.8, 4) is 0 Å². The summed E-state index contributed by atoms with van der Waals surface area (Å²) in [4.78, 5) is 12.0. The van der Waals surface area contributed by atoms with Crippen molar-refractivity contribution in [1.82, 2.24) is 5.32 Å². The Morgan fingerprint density at radius 3 is 2.86 bits per heavy atom. The van der Waals surface area contributed by atoms with E-state index in [-0.39, 0.29) is 18.1 Å². The molecule has 22 heavy (non-hydrogen) atoms. The summed E-state index contributed by atoms with van der Waals surface area (Å²) >= 11 is 1.50. The van der Waals surface area contributed by atoms with E-state index in [9.17, 15) is 9.18 Å². The number of thiophene rings is 1. The van der Waals surface area contributed by atoms with Gasteiger partial charge in [-0.1, -0.05) is 18.2 Å². The van der Waals surface area contributed by atoms with E-state index >= 15 is 0 Å². The maximum absolute atomic E-state index is 12.8. The second kappa shape index (κ2) is 6.58. The van der Waals surface area contributed by atoms with E-state index in [0.717, 1.165) is 28.2 Å². The Balaban J connectivity index is 1.62. The average Bonchev–Trinajstić information content (AvgIpc) is 2.99. The molecule has 0 spiro atoms. The zero-order chi connectivity index (χ0) is 15.4. The van der Waals surface area contributed by atoms with Crippen molar-refractivity contribution in [3.05, 3.63) is 71.0 Å². The van der Waals surface area contributed by atoms with Crippen LogP contribution in [0.1, 0.15) is 11.1 Å².